The van der Waals surface area contributed by atoms with Gasteiger partial charge in [0.05, 0.1) is 0 Å². The van der Waals surface area contributed by atoms with Crippen LogP contribution in [0.2, 0.25) is 5.02 Å². The van der Waals surface area contributed by atoms with E-state index in [1.54, 1.807) is 0 Å². The molecule has 2 N–H and O–H groups in total. The van der Waals surface area contributed by atoms with Crippen LogP contribution < -0.4 is 5.73 Å². The second-order valence-electron chi connectivity index (χ2n) is 4.70. The van der Waals surface area contributed by atoms with E-state index < -0.39 is 0 Å². The third kappa shape index (κ3) is 2.73. The molecule has 88 valence electrons. The van der Waals surface area contributed by atoms with Crippen molar-refractivity contribution in [2.24, 2.45) is 5.73 Å². The van der Waals surface area contributed by atoms with Gasteiger partial charge in [0.25, 0.3) is 0 Å². The monoisotopic (exact) mass is 255 g/mol. The van der Waals surface area contributed by atoms with Crippen LogP contribution in [0.5, 0.6) is 0 Å². The van der Waals surface area contributed by atoms with Gasteiger partial charge in [-0.25, -0.2) is 0 Å². The lowest BCUT2D eigenvalue weighted by Gasteiger charge is -2.30. The molecule has 0 radical (unpaired) electrons. The van der Waals surface area contributed by atoms with Crippen molar-refractivity contribution in [2.45, 2.75) is 37.0 Å². The highest BCUT2D eigenvalue weighted by Gasteiger charge is 2.35. The molecule has 1 saturated heterocycles. The Morgan fingerprint density at radius 1 is 1.44 bits per heavy atom. The van der Waals surface area contributed by atoms with Crippen LogP contribution in [-0.4, -0.2) is 16.5 Å². The highest BCUT2D eigenvalue weighted by molar-refractivity contribution is 8.00. The van der Waals surface area contributed by atoms with Gasteiger partial charge in [0.15, 0.2) is 0 Å². The summed E-state index contributed by atoms with van der Waals surface area (Å²) >= 11 is 7.89. The molecule has 0 saturated carbocycles. The number of hydrogen-bond donors (Lipinski definition) is 1. The smallest absolute Gasteiger partial charge is 0.0406 e. The van der Waals surface area contributed by atoms with Gasteiger partial charge in [-0.1, -0.05) is 23.7 Å². The largest absolute Gasteiger partial charge is 0.326 e. The average molecular weight is 256 g/mol. The second kappa shape index (κ2) is 4.99. The summed E-state index contributed by atoms with van der Waals surface area (Å²) in [5.74, 6) is 1.25. The summed E-state index contributed by atoms with van der Waals surface area (Å²) < 4.78 is 0.264. The van der Waals surface area contributed by atoms with Crippen LogP contribution in [0, 0.1) is 0 Å². The normalized spacial score (nSPS) is 26.9. The number of hydrogen-bond acceptors (Lipinski definition) is 2. The van der Waals surface area contributed by atoms with Gasteiger partial charge in [0, 0.05) is 15.8 Å². The summed E-state index contributed by atoms with van der Waals surface area (Å²) in [4.78, 5) is 0. The Balaban J connectivity index is 2.01. The van der Waals surface area contributed by atoms with Crippen LogP contribution in [0.4, 0.5) is 0 Å². The van der Waals surface area contributed by atoms with Gasteiger partial charge < -0.3 is 5.73 Å². The number of thioether (sulfide) groups is 1. The summed E-state index contributed by atoms with van der Waals surface area (Å²) in [7, 11) is 0. The predicted octanol–water partition coefficient (Wildman–Crippen LogP) is 3.50. The maximum Gasteiger partial charge on any atom is 0.0406 e. The lowest BCUT2D eigenvalue weighted by Crippen LogP contribution is -2.42. The average Bonchev–Trinajstić information content (AvgIpc) is 2.70. The van der Waals surface area contributed by atoms with E-state index in [2.05, 4.69) is 19.1 Å². The fourth-order valence-corrected chi connectivity index (χ4v) is 3.65. The Morgan fingerprint density at radius 2 is 2.12 bits per heavy atom. The van der Waals surface area contributed by atoms with E-state index in [9.17, 15) is 0 Å². The molecular weight excluding hydrogens is 238 g/mol. The fraction of sp³-hybridized carbons (Fsp3) is 0.538. The summed E-state index contributed by atoms with van der Waals surface area (Å²) in [5, 5.41) is 0.791. The summed E-state index contributed by atoms with van der Waals surface area (Å²) in [5.41, 5.74) is 7.61. The quantitative estimate of drug-likeness (QED) is 0.895. The van der Waals surface area contributed by atoms with Crippen molar-refractivity contribution in [3.05, 3.63) is 34.9 Å². The molecule has 1 aromatic carbocycles. The maximum absolute atomic E-state index is 6.33. The maximum atomic E-state index is 6.33. The van der Waals surface area contributed by atoms with Crippen LogP contribution in [0.1, 0.15) is 25.3 Å². The van der Waals surface area contributed by atoms with Crippen LogP contribution in [-0.2, 0) is 6.42 Å². The molecule has 1 aliphatic rings. The Kier molecular flexibility index (Phi) is 3.83. The molecule has 1 nitrogen and oxygen atoms in total. The molecule has 0 amide bonds. The molecule has 2 unspecified atom stereocenters. The van der Waals surface area contributed by atoms with Crippen molar-refractivity contribution in [3.8, 4) is 0 Å². The van der Waals surface area contributed by atoms with Gasteiger partial charge in [-0.05, 0) is 49.6 Å². The van der Waals surface area contributed by atoms with Gasteiger partial charge in [-0.15, -0.1) is 0 Å². The highest BCUT2D eigenvalue weighted by Crippen LogP contribution is 2.40. The molecule has 0 aromatic heterocycles. The lowest BCUT2D eigenvalue weighted by atomic mass is 9.92. The van der Waals surface area contributed by atoms with Crippen molar-refractivity contribution in [2.75, 3.05) is 5.75 Å². The van der Waals surface area contributed by atoms with Gasteiger partial charge in [-0.3, -0.25) is 0 Å². The van der Waals surface area contributed by atoms with Crippen molar-refractivity contribution in [1.29, 1.82) is 0 Å². The van der Waals surface area contributed by atoms with Crippen LogP contribution in [0.15, 0.2) is 24.3 Å². The number of benzene rings is 1. The molecule has 1 fully saturated rings. The minimum absolute atomic E-state index is 0.237. The standard InChI is InChI=1S/C13H18ClNS/c1-13(7-2-8-16-13)12(15)9-10-3-5-11(14)6-4-10/h3-6,12H,2,7-9,15H2,1H3. The number of halogens is 1. The van der Waals surface area contributed by atoms with Crippen molar-refractivity contribution in [1.82, 2.24) is 0 Å². The molecule has 0 spiro atoms. The highest BCUT2D eigenvalue weighted by atomic mass is 35.5. The fourth-order valence-electron chi connectivity index (χ4n) is 2.18. The SMILES string of the molecule is CC1(C(N)Cc2ccc(Cl)cc2)CCCS1. The third-order valence-electron chi connectivity index (χ3n) is 3.40. The molecule has 1 aromatic rings. The van der Waals surface area contributed by atoms with E-state index in [0.29, 0.717) is 0 Å². The van der Waals surface area contributed by atoms with E-state index >= 15 is 0 Å². The third-order valence-corrected chi connectivity index (χ3v) is 5.31. The minimum atomic E-state index is 0.237. The zero-order valence-corrected chi connectivity index (χ0v) is 11.2. The molecule has 1 aliphatic heterocycles. The molecule has 3 heteroatoms. The van der Waals surface area contributed by atoms with Crippen LogP contribution >= 0.6 is 23.4 Å². The first-order chi connectivity index (χ1) is 7.60. The molecule has 2 rings (SSSR count). The second-order valence-corrected chi connectivity index (χ2v) is 6.77. The Morgan fingerprint density at radius 3 is 2.69 bits per heavy atom. The van der Waals surface area contributed by atoms with Crippen LogP contribution in [0.3, 0.4) is 0 Å². The summed E-state index contributed by atoms with van der Waals surface area (Å²) in [6, 6.07) is 8.26. The first-order valence-electron chi connectivity index (χ1n) is 5.74. The van der Waals surface area contributed by atoms with Crippen molar-refractivity contribution in [3.63, 3.8) is 0 Å². The molecular formula is C13H18ClNS. The number of rotatable bonds is 3. The Hall–Kier alpha value is -0.180. The first kappa shape index (κ1) is 12.3. The van der Waals surface area contributed by atoms with Gasteiger partial charge in [0.2, 0.25) is 0 Å². The molecule has 0 bridgehead atoms. The lowest BCUT2D eigenvalue weighted by molar-refractivity contribution is 0.482. The van der Waals surface area contributed by atoms with Crippen molar-refractivity contribution >= 4 is 23.4 Å². The van der Waals surface area contributed by atoms with E-state index in [0.717, 1.165) is 11.4 Å². The van der Waals surface area contributed by atoms with E-state index in [1.165, 1.54) is 24.2 Å². The molecule has 2 atom stereocenters. The predicted molar refractivity (Wildman–Crippen MR) is 73.2 cm³/mol. The number of nitrogens with two attached hydrogens (primary N) is 1. The van der Waals surface area contributed by atoms with E-state index in [4.69, 9.17) is 17.3 Å². The zero-order valence-electron chi connectivity index (χ0n) is 9.58. The molecule has 0 aliphatic carbocycles. The molecule has 16 heavy (non-hydrogen) atoms. The molecule has 1 heterocycles. The van der Waals surface area contributed by atoms with Gasteiger partial charge >= 0.3 is 0 Å². The van der Waals surface area contributed by atoms with E-state index in [1.807, 2.05) is 23.9 Å². The van der Waals surface area contributed by atoms with E-state index in [-0.39, 0.29) is 10.8 Å². The zero-order chi connectivity index (χ0) is 11.6. The Bertz CT molecular complexity index is 343. The van der Waals surface area contributed by atoms with Gasteiger partial charge in [0.1, 0.15) is 0 Å². The summed E-state index contributed by atoms with van der Waals surface area (Å²) in [6.07, 6.45) is 3.49. The minimum Gasteiger partial charge on any atom is -0.326 e. The van der Waals surface area contributed by atoms with Gasteiger partial charge in [-0.2, -0.15) is 11.8 Å². The topological polar surface area (TPSA) is 26.0 Å². The van der Waals surface area contributed by atoms with Crippen molar-refractivity contribution < 1.29 is 0 Å². The first-order valence-corrected chi connectivity index (χ1v) is 7.10. The Labute approximate surface area is 107 Å². The summed E-state index contributed by atoms with van der Waals surface area (Å²) in [6.45, 7) is 2.30. The van der Waals surface area contributed by atoms with Crippen LogP contribution in [0.25, 0.3) is 0 Å².